The number of hydrogen-bond acceptors (Lipinski definition) is 3. The molecule has 1 fully saturated rings. The third-order valence-electron chi connectivity index (χ3n) is 2.69. The molecule has 2 N–H and O–H groups in total. The topological polar surface area (TPSA) is 69.6 Å². The summed E-state index contributed by atoms with van der Waals surface area (Å²) >= 11 is 0. The van der Waals surface area contributed by atoms with E-state index in [0.717, 1.165) is 25.7 Å². The van der Waals surface area contributed by atoms with Gasteiger partial charge < -0.3 is 5.11 Å². The fourth-order valence-corrected chi connectivity index (χ4v) is 3.51. The molecular formula is C9H20N2O3S. The van der Waals surface area contributed by atoms with Crippen molar-refractivity contribution < 1.29 is 13.5 Å². The Balaban J connectivity index is 2.71. The lowest BCUT2D eigenvalue weighted by Gasteiger charge is -2.27. The second-order valence-electron chi connectivity index (χ2n) is 3.78. The van der Waals surface area contributed by atoms with E-state index in [4.69, 9.17) is 5.11 Å². The van der Waals surface area contributed by atoms with Crippen LogP contribution in [0.1, 0.15) is 32.6 Å². The van der Waals surface area contributed by atoms with E-state index < -0.39 is 10.2 Å². The van der Waals surface area contributed by atoms with Gasteiger partial charge in [-0.2, -0.15) is 12.7 Å². The first-order valence-corrected chi connectivity index (χ1v) is 6.93. The number of nitrogens with zero attached hydrogens (tertiary/aromatic N) is 1. The van der Waals surface area contributed by atoms with Crippen molar-refractivity contribution in [3.63, 3.8) is 0 Å². The number of hydrogen-bond donors (Lipinski definition) is 2. The summed E-state index contributed by atoms with van der Waals surface area (Å²) in [7, 11) is -3.39. The van der Waals surface area contributed by atoms with E-state index in [2.05, 4.69) is 4.72 Å². The van der Waals surface area contributed by atoms with Crippen LogP contribution in [0.4, 0.5) is 0 Å². The summed E-state index contributed by atoms with van der Waals surface area (Å²) in [5.41, 5.74) is 0. The zero-order chi connectivity index (χ0) is 11.3. The van der Waals surface area contributed by atoms with Crippen molar-refractivity contribution in [2.75, 3.05) is 19.7 Å². The molecule has 0 heterocycles. The van der Waals surface area contributed by atoms with E-state index in [-0.39, 0.29) is 19.2 Å². The lowest BCUT2D eigenvalue weighted by atomic mass is 10.2. The van der Waals surface area contributed by atoms with Crippen molar-refractivity contribution in [3.05, 3.63) is 0 Å². The van der Waals surface area contributed by atoms with Gasteiger partial charge in [-0.15, -0.1) is 0 Å². The third-order valence-corrected chi connectivity index (χ3v) is 4.44. The molecule has 0 aromatic heterocycles. The molecule has 1 aliphatic carbocycles. The highest BCUT2D eigenvalue weighted by Gasteiger charge is 2.30. The van der Waals surface area contributed by atoms with Gasteiger partial charge in [0.25, 0.3) is 10.2 Å². The van der Waals surface area contributed by atoms with Crippen LogP contribution in [0.25, 0.3) is 0 Å². The van der Waals surface area contributed by atoms with Crippen LogP contribution < -0.4 is 4.72 Å². The normalized spacial score (nSPS) is 18.9. The molecule has 0 radical (unpaired) electrons. The Morgan fingerprint density at radius 1 is 1.40 bits per heavy atom. The molecule has 0 aromatic carbocycles. The fraction of sp³-hybridized carbons (Fsp3) is 1.00. The second-order valence-corrected chi connectivity index (χ2v) is 5.48. The van der Waals surface area contributed by atoms with Crippen molar-refractivity contribution >= 4 is 10.2 Å². The van der Waals surface area contributed by atoms with Crippen molar-refractivity contribution in [1.82, 2.24) is 9.03 Å². The van der Waals surface area contributed by atoms with Gasteiger partial charge in [0, 0.05) is 19.1 Å². The summed E-state index contributed by atoms with van der Waals surface area (Å²) in [5.74, 6) is 0. The molecule has 5 nitrogen and oxygen atoms in total. The predicted octanol–water partition coefficient (Wildman–Crippen LogP) is 0.0776. The highest BCUT2D eigenvalue weighted by atomic mass is 32.2. The van der Waals surface area contributed by atoms with Gasteiger partial charge in [0.15, 0.2) is 0 Å². The summed E-state index contributed by atoms with van der Waals surface area (Å²) in [6, 6.07) is 0.0706. The fourth-order valence-electron chi connectivity index (χ4n) is 2.06. The van der Waals surface area contributed by atoms with Gasteiger partial charge in [-0.25, -0.2) is 4.72 Å². The maximum absolute atomic E-state index is 11.8. The molecule has 6 heteroatoms. The van der Waals surface area contributed by atoms with Crippen LogP contribution in [-0.4, -0.2) is 43.6 Å². The Hall–Kier alpha value is -0.170. The summed E-state index contributed by atoms with van der Waals surface area (Å²) in [4.78, 5) is 0. The summed E-state index contributed by atoms with van der Waals surface area (Å²) < 4.78 is 27.5. The first-order valence-electron chi connectivity index (χ1n) is 5.49. The Kier molecular flexibility index (Phi) is 4.98. The Bertz CT molecular complexity index is 273. The van der Waals surface area contributed by atoms with E-state index in [0.29, 0.717) is 6.54 Å². The van der Waals surface area contributed by atoms with Crippen LogP contribution in [0.15, 0.2) is 0 Å². The Labute approximate surface area is 91.7 Å². The highest BCUT2D eigenvalue weighted by molar-refractivity contribution is 7.87. The van der Waals surface area contributed by atoms with E-state index in [1.165, 1.54) is 4.31 Å². The van der Waals surface area contributed by atoms with Crippen LogP contribution in [0.2, 0.25) is 0 Å². The van der Waals surface area contributed by atoms with Crippen molar-refractivity contribution in [2.45, 2.75) is 38.6 Å². The average Bonchev–Trinajstić information content (AvgIpc) is 2.66. The standard InChI is InChI=1S/C9H20N2O3S/c1-2-10-15(13,14)11(7-8-12)9-5-3-4-6-9/h9-10,12H,2-8H2,1H3. The smallest absolute Gasteiger partial charge is 0.279 e. The van der Waals surface area contributed by atoms with Crippen molar-refractivity contribution in [2.24, 2.45) is 0 Å². The zero-order valence-corrected chi connectivity index (χ0v) is 9.96. The van der Waals surface area contributed by atoms with Crippen LogP contribution in [0.5, 0.6) is 0 Å². The molecule has 90 valence electrons. The molecular weight excluding hydrogens is 216 g/mol. The minimum atomic E-state index is -3.39. The van der Waals surface area contributed by atoms with E-state index in [1.54, 1.807) is 6.92 Å². The van der Waals surface area contributed by atoms with Crippen LogP contribution in [-0.2, 0) is 10.2 Å². The molecule has 0 bridgehead atoms. The number of aliphatic hydroxyl groups excluding tert-OH is 1. The van der Waals surface area contributed by atoms with Gasteiger partial charge >= 0.3 is 0 Å². The Morgan fingerprint density at radius 3 is 2.47 bits per heavy atom. The molecule has 15 heavy (non-hydrogen) atoms. The maximum Gasteiger partial charge on any atom is 0.279 e. The van der Waals surface area contributed by atoms with Gasteiger partial charge in [0.1, 0.15) is 0 Å². The molecule has 0 spiro atoms. The first-order chi connectivity index (χ1) is 7.11. The maximum atomic E-state index is 11.8. The molecule has 0 aromatic rings. The van der Waals surface area contributed by atoms with Crippen LogP contribution in [0, 0.1) is 0 Å². The summed E-state index contributed by atoms with van der Waals surface area (Å²) in [5, 5.41) is 8.89. The minimum absolute atomic E-state index is 0.0706. The molecule has 0 saturated heterocycles. The summed E-state index contributed by atoms with van der Waals surface area (Å²) in [6.07, 6.45) is 3.97. The van der Waals surface area contributed by atoms with Crippen LogP contribution in [0.3, 0.4) is 0 Å². The number of aliphatic hydroxyl groups is 1. The molecule has 1 aliphatic rings. The van der Waals surface area contributed by atoms with Gasteiger partial charge in [-0.1, -0.05) is 19.8 Å². The summed E-state index contributed by atoms with van der Waals surface area (Å²) in [6.45, 7) is 2.21. The van der Waals surface area contributed by atoms with E-state index >= 15 is 0 Å². The van der Waals surface area contributed by atoms with Crippen molar-refractivity contribution in [1.29, 1.82) is 0 Å². The average molecular weight is 236 g/mol. The monoisotopic (exact) mass is 236 g/mol. The minimum Gasteiger partial charge on any atom is -0.395 e. The van der Waals surface area contributed by atoms with E-state index in [1.807, 2.05) is 0 Å². The van der Waals surface area contributed by atoms with Gasteiger partial charge in [0.05, 0.1) is 6.61 Å². The number of rotatable bonds is 6. The third kappa shape index (κ3) is 3.41. The highest BCUT2D eigenvalue weighted by Crippen LogP contribution is 2.24. The largest absolute Gasteiger partial charge is 0.395 e. The molecule has 0 atom stereocenters. The van der Waals surface area contributed by atoms with Gasteiger partial charge in [-0.3, -0.25) is 0 Å². The quantitative estimate of drug-likeness (QED) is 0.686. The SMILES string of the molecule is CCNS(=O)(=O)N(CCO)C1CCCC1. The van der Waals surface area contributed by atoms with Crippen LogP contribution >= 0.6 is 0 Å². The lowest BCUT2D eigenvalue weighted by molar-refractivity contribution is 0.225. The van der Waals surface area contributed by atoms with Gasteiger partial charge in [-0.05, 0) is 12.8 Å². The molecule has 0 amide bonds. The first kappa shape index (κ1) is 12.9. The Morgan fingerprint density at radius 2 is 2.00 bits per heavy atom. The molecule has 0 aliphatic heterocycles. The number of nitrogens with one attached hydrogen (secondary N) is 1. The molecule has 1 rings (SSSR count). The van der Waals surface area contributed by atoms with Gasteiger partial charge in [0.2, 0.25) is 0 Å². The predicted molar refractivity (Wildman–Crippen MR) is 58.6 cm³/mol. The van der Waals surface area contributed by atoms with E-state index in [9.17, 15) is 8.42 Å². The van der Waals surface area contributed by atoms with Crippen molar-refractivity contribution in [3.8, 4) is 0 Å². The second kappa shape index (κ2) is 5.79. The lowest BCUT2D eigenvalue weighted by Crippen LogP contribution is -2.46. The molecule has 1 saturated carbocycles. The molecule has 0 unspecified atom stereocenters. The zero-order valence-electron chi connectivity index (χ0n) is 9.15.